The quantitative estimate of drug-likeness (QED) is 0.393. The molecule has 0 bridgehead atoms. The van der Waals surface area contributed by atoms with Crippen molar-refractivity contribution in [3.8, 4) is 0 Å². The lowest BCUT2D eigenvalue weighted by atomic mass is 9.89. The highest BCUT2D eigenvalue weighted by atomic mass is 35.5. The van der Waals surface area contributed by atoms with Crippen LogP contribution in [0.15, 0.2) is 48.5 Å². The number of quaternary nitrogens is 1. The van der Waals surface area contributed by atoms with Crippen molar-refractivity contribution in [1.29, 1.82) is 0 Å². The summed E-state index contributed by atoms with van der Waals surface area (Å²) in [5.74, 6) is 1.05. The number of likely N-dealkylation sites (tertiary alicyclic amines) is 2. The van der Waals surface area contributed by atoms with Gasteiger partial charge in [0.05, 0.1) is 29.7 Å². The van der Waals surface area contributed by atoms with Crippen LogP contribution in [-0.2, 0) is 6.42 Å². The maximum atomic E-state index is 13.5. The van der Waals surface area contributed by atoms with Gasteiger partial charge in [0.15, 0.2) is 0 Å². The molecule has 2 aromatic rings. The fourth-order valence-electron chi connectivity index (χ4n) is 5.14. The second kappa shape index (κ2) is 10.0. The molecule has 0 N–H and O–H groups in total. The number of hydrogen-bond donors (Lipinski definition) is 0. The molecule has 0 spiro atoms. The fraction of sp³-hybridized carbons (Fsp3) is 0.520. The number of benzene rings is 2. The zero-order chi connectivity index (χ0) is 21.0. The monoisotopic (exact) mass is 446 g/mol. The zero-order valence-corrected chi connectivity index (χ0v) is 19.1. The molecule has 4 rings (SSSR count). The van der Waals surface area contributed by atoms with E-state index in [4.69, 9.17) is 23.2 Å². The first-order valence-electron chi connectivity index (χ1n) is 11.3. The van der Waals surface area contributed by atoms with Gasteiger partial charge in [-0.1, -0.05) is 59.6 Å². The van der Waals surface area contributed by atoms with E-state index in [0.717, 1.165) is 50.5 Å². The summed E-state index contributed by atoms with van der Waals surface area (Å²) in [7, 11) is 0. The number of hydroxylamine groups is 3. The molecule has 0 aliphatic carbocycles. The Bertz CT molecular complexity index is 823. The van der Waals surface area contributed by atoms with E-state index in [2.05, 4.69) is 35.2 Å². The predicted molar refractivity (Wildman–Crippen MR) is 126 cm³/mol. The van der Waals surface area contributed by atoms with Gasteiger partial charge >= 0.3 is 0 Å². The van der Waals surface area contributed by atoms with Crippen molar-refractivity contribution in [2.45, 2.75) is 38.0 Å². The standard InChI is InChI=1S/C25H32Cl2N2O/c26-24-9-8-22(18-25(24)27)23-7-4-15-29(30,19-23)16-14-28-12-10-21(11-13-28)17-20-5-2-1-3-6-20/h1-3,5-6,8-9,18,21,23H,4,7,10-17,19H2. The van der Waals surface area contributed by atoms with E-state index >= 15 is 0 Å². The van der Waals surface area contributed by atoms with E-state index in [1.807, 2.05) is 18.2 Å². The maximum absolute atomic E-state index is 13.5. The first-order valence-corrected chi connectivity index (χ1v) is 12.0. The minimum Gasteiger partial charge on any atom is -0.633 e. The van der Waals surface area contributed by atoms with Crippen molar-refractivity contribution < 1.29 is 4.65 Å². The lowest BCUT2D eigenvalue weighted by Crippen LogP contribution is -2.52. The van der Waals surface area contributed by atoms with Crippen LogP contribution in [0.4, 0.5) is 0 Å². The summed E-state index contributed by atoms with van der Waals surface area (Å²) in [6.45, 7) is 5.24. The largest absolute Gasteiger partial charge is 0.633 e. The van der Waals surface area contributed by atoms with Crippen LogP contribution in [0.5, 0.6) is 0 Å². The number of piperidine rings is 2. The molecule has 2 fully saturated rings. The van der Waals surface area contributed by atoms with Crippen LogP contribution in [-0.4, -0.2) is 48.8 Å². The summed E-state index contributed by atoms with van der Waals surface area (Å²) in [6.07, 6.45) is 5.69. The van der Waals surface area contributed by atoms with Crippen LogP contribution in [0.2, 0.25) is 10.0 Å². The highest BCUT2D eigenvalue weighted by Crippen LogP contribution is 2.34. The Morgan fingerprint density at radius 2 is 1.73 bits per heavy atom. The van der Waals surface area contributed by atoms with Crippen LogP contribution in [0.3, 0.4) is 0 Å². The van der Waals surface area contributed by atoms with E-state index in [1.54, 1.807) is 0 Å². The minimum atomic E-state index is -0.0745. The van der Waals surface area contributed by atoms with Gasteiger partial charge in [0.25, 0.3) is 0 Å². The third-order valence-electron chi connectivity index (χ3n) is 6.98. The van der Waals surface area contributed by atoms with Crippen molar-refractivity contribution in [3.05, 3.63) is 74.9 Å². The Labute approximate surface area is 190 Å². The van der Waals surface area contributed by atoms with Crippen LogP contribution in [0.25, 0.3) is 0 Å². The molecule has 2 aliphatic rings. The van der Waals surface area contributed by atoms with Gasteiger partial charge < -0.3 is 9.85 Å². The average molecular weight is 447 g/mol. The third-order valence-corrected chi connectivity index (χ3v) is 7.72. The molecule has 2 aromatic carbocycles. The van der Waals surface area contributed by atoms with E-state index in [0.29, 0.717) is 23.1 Å². The molecular formula is C25H32Cl2N2O. The van der Waals surface area contributed by atoms with Crippen molar-refractivity contribution in [2.75, 3.05) is 39.3 Å². The Balaban J connectivity index is 1.25. The number of rotatable bonds is 6. The average Bonchev–Trinajstić information content (AvgIpc) is 2.76. The van der Waals surface area contributed by atoms with Gasteiger partial charge in [-0.25, -0.2) is 0 Å². The van der Waals surface area contributed by atoms with Gasteiger partial charge in [0, 0.05) is 12.5 Å². The molecule has 0 aromatic heterocycles. The molecule has 0 radical (unpaired) electrons. The van der Waals surface area contributed by atoms with Gasteiger partial charge in [-0.05, 0) is 74.4 Å². The van der Waals surface area contributed by atoms with Gasteiger partial charge in [-0.15, -0.1) is 0 Å². The van der Waals surface area contributed by atoms with Crippen molar-refractivity contribution in [2.24, 2.45) is 5.92 Å². The Kier molecular flexibility index (Phi) is 7.38. The maximum Gasteiger partial charge on any atom is 0.0913 e. The van der Waals surface area contributed by atoms with Crippen LogP contribution in [0.1, 0.15) is 42.7 Å². The molecule has 2 saturated heterocycles. The topological polar surface area (TPSA) is 26.3 Å². The Morgan fingerprint density at radius 1 is 0.967 bits per heavy atom. The molecule has 0 amide bonds. The molecule has 162 valence electrons. The lowest BCUT2D eigenvalue weighted by molar-refractivity contribution is -0.886. The first-order chi connectivity index (χ1) is 14.5. The predicted octanol–water partition coefficient (Wildman–Crippen LogP) is 6.14. The van der Waals surface area contributed by atoms with Gasteiger partial charge in [0.2, 0.25) is 0 Å². The first kappa shape index (κ1) is 22.1. The molecule has 2 heterocycles. The molecular weight excluding hydrogens is 415 g/mol. The van der Waals surface area contributed by atoms with Crippen molar-refractivity contribution in [3.63, 3.8) is 0 Å². The van der Waals surface area contributed by atoms with E-state index in [9.17, 15) is 5.21 Å². The second-order valence-corrected chi connectivity index (χ2v) is 9.99. The van der Waals surface area contributed by atoms with Crippen LogP contribution in [0, 0.1) is 11.1 Å². The number of halogens is 2. The minimum absolute atomic E-state index is 0.0745. The molecule has 5 heteroatoms. The molecule has 30 heavy (non-hydrogen) atoms. The summed E-state index contributed by atoms with van der Waals surface area (Å²) >= 11 is 12.3. The smallest absolute Gasteiger partial charge is 0.0913 e. The van der Waals surface area contributed by atoms with Crippen LogP contribution >= 0.6 is 23.2 Å². The summed E-state index contributed by atoms with van der Waals surface area (Å²) in [5, 5.41) is 14.6. The lowest BCUT2D eigenvalue weighted by Gasteiger charge is -2.49. The van der Waals surface area contributed by atoms with E-state index < -0.39 is 0 Å². The number of nitrogens with zero attached hydrogens (tertiary/aromatic N) is 2. The normalized spacial score (nSPS) is 26.0. The molecule has 2 atom stereocenters. The van der Waals surface area contributed by atoms with Gasteiger partial charge in [0.1, 0.15) is 0 Å². The van der Waals surface area contributed by atoms with E-state index in [1.165, 1.54) is 24.8 Å². The Morgan fingerprint density at radius 3 is 2.47 bits per heavy atom. The summed E-state index contributed by atoms with van der Waals surface area (Å²) < 4.78 is -0.0745. The van der Waals surface area contributed by atoms with Gasteiger partial charge in [-0.2, -0.15) is 0 Å². The van der Waals surface area contributed by atoms with Crippen molar-refractivity contribution in [1.82, 2.24) is 4.90 Å². The second-order valence-electron chi connectivity index (χ2n) is 9.18. The third kappa shape index (κ3) is 5.77. The summed E-state index contributed by atoms with van der Waals surface area (Å²) in [5.41, 5.74) is 2.60. The zero-order valence-electron chi connectivity index (χ0n) is 17.6. The molecule has 3 nitrogen and oxygen atoms in total. The number of hydrogen-bond acceptors (Lipinski definition) is 2. The van der Waals surface area contributed by atoms with Crippen LogP contribution < -0.4 is 0 Å². The van der Waals surface area contributed by atoms with E-state index in [-0.39, 0.29) is 10.6 Å². The summed E-state index contributed by atoms with van der Waals surface area (Å²) in [6, 6.07) is 16.6. The highest BCUT2D eigenvalue weighted by Gasteiger charge is 2.30. The highest BCUT2D eigenvalue weighted by molar-refractivity contribution is 6.42. The van der Waals surface area contributed by atoms with Crippen molar-refractivity contribution >= 4 is 23.2 Å². The molecule has 2 aliphatic heterocycles. The Hall–Kier alpha value is -1.10. The fourth-order valence-corrected chi connectivity index (χ4v) is 5.44. The molecule has 2 unspecified atom stereocenters. The van der Waals surface area contributed by atoms with Gasteiger partial charge in [-0.3, -0.25) is 4.90 Å². The SMILES string of the molecule is [O-][N+]1(CCN2CCC(Cc3ccccc3)CC2)CCCC(c2ccc(Cl)c(Cl)c2)C1. The molecule has 0 saturated carbocycles. The summed E-state index contributed by atoms with van der Waals surface area (Å²) in [4.78, 5) is 2.50.